The minimum atomic E-state index is -0.316. The zero-order valence-electron chi connectivity index (χ0n) is 8.85. The van der Waals surface area contributed by atoms with Gasteiger partial charge in [-0.05, 0) is 19.1 Å². The lowest BCUT2D eigenvalue weighted by Gasteiger charge is -2.09. The molecule has 0 saturated carbocycles. The highest BCUT2D eigenvalue weighted by molar-refractivity contribution is 5.68. The molecule has 0 atom stereocenters. The number of hydrogen-bond acceptors (Lipinski definition) is 3. The van der Waals surface area contributed by atoms with Crippen LogP contribution in [0.4, 0.5) is 4.39 Å². The Hall–Kier alpha value is -1.97. The summed E-state index contributed by atoms with van der Waals surface area (Å²) in [6.45, 7) is 2.35. The van der Waals surface area contributed by atoms with E-state index in [1.54, 1.807) is 18.5 Å². The number of nitrogens with zero attached hydrogens (tertiary/aromatic N) is 2. The van der Waals surface area contributed by atoms with Gasteiger partial charge in [0.15, 0.2) is 0 Å². The molecule has 1 aromatic carbocycles. The number of hydrogen-bond donors (Lipinski definition) is 0. The molecule has 0 aliphatic rings. The summed E-state index contributed by atoms with van der Waals surface area (Å²) in [6.07, 6.45) is 4.79. The summed E-state index contributed by atoms with van der Waals surface area (Å²) in [7, 11) is 0. The molecule has 0 aliphatic carbocycles. The minimum absolute atomic E-state index is 0.316. The number of rotatable bonds is 3. The van der Waals surface area contributed by atoms with Crippen LogP contribution >= 0.6 is 0 Å². The van der Waals surface area contributed by atoms with Crippen molar-refractivity contribution in [2.24, 2.45) is 0 Å². The van der Waals surface area contributed by atoms with Crippen LogP contribution in [0.3, 0.4) is 0 Å². The van der Waals surface area contributed by atoms with Gasteiger partial charge in [-0.1, -0.05) is 0 Å². The topological polar surface area (TPSA) is 35.0 Å². The first-order valence-electron chi connectivity index (χ1n) is 4.99. The van der Waals surface area contributed by atoms with Gasteiger partial charge in [-0.25, -0.2) is 14.4 Å². The van der Waals surface area contributed by atoms with E-state index in [-0.39, 0.29) is 5.82 Å². The molecule has 0 radical (unpaired) electrons. The Kier molecular flexibility index (Phi) is 3.10. The van der Waals surface area contributed by atoms with Crippen molar-refractivity contribution in [2.75, 3.05) is 6.61 Å². The molecule has 2 aromatic rings. The Morgan fingerprint density at radius 1 is 1.25 bits per heavy atom. The van der Waals surface area contributed by atoms with Crippen molar-refractivity contribution in [3.63, 3.8) is 0 Å². The van der Waals surface area contributed by atoms with Crippen LogP contribution in [-0.2, 0) is 0 Å². The molecule has 82 valence electrons. The molecule has 4 heteroatoms. The predicted molar refractivity (Wildman–Crippen MR) is 58.6 cm³/mol. The van der Waals surface area contributed by atoms with Crippen LogP contribution in [0.5, 0.6) is 5.75 Å². The predicted octanol–water partition coefficient (Wildman–Crippen LogP) is 2.68. The Balaban J connectivity index is 2.48. The molecule has 0 unspecified atom stereocenters. The van der Waals surface area contributed by atoms with E-state index in [1.165, 1.54) is 18.5 Å². The monoisotopic (exact) mass is 218 g/mol. The van der Waals surface area contributed by atoms with Crippen LogP contribution in [0.15, 0.2) is 36.9 Å². The SMILES string of the molecule is CCOc1cc(F)ccc1-c1cncnc1. The van der Waals surface area contributed by atoms with Crippen LogP contribution in [-0.4, -0.2) is 16.6 Å². The van der Waals surface area contributed by atoms with Gasteiger partial charge in [0.05, 0.1) is 6.61 Å². The third-order valence-corrected chi connectivity index (χ3v) is 2.12. The Morgan fingerprint density at radius 2 is 2.00 bits per heavy atom. The van der Waals surface area contributed by atoms with Crippen molar-refractivity contribution in [2.45, 2.75) is 6.92 Å². The van der Waals surface area contributed by atoms with E-state index in [1.807, 2.05) is 6.92 Å². The first-order valence-corrected chi connectivity index (χ1v) is 4.99. The van der Waals surface area contributed by atoms with E-state index in [0.717, 1.165) is 11.1 Å². The maximum absolute atomic E-state index is 13.1. The van der Waals surface area contributed by atoms with Crippen LogP contribution in [0.25, 0.3) is 11.1 Å². The number of ether oxygens (including phenoxy) is 1. The van der Waals surface area contributed by atoms with E-state index < -0.39 is 0 Å². The van der Waals surface area contributed by atoms with E-state index in [0.29, 0.717) is 12.4 Å². The van der Waals surface area contributed by atoms with Gasteiger partial charge < -0.3 is 4.74 Å². The maximum atomic E-state index is 13.1. The van der Waals surface area contributed by atoms with E-state index in [9.17, 15) is 4.39 Å². The zero-order chi connectivity index (χ0) is 11.4. The lowest BCUT2D eigenvalue weighted by molar-refractivity contribution is 0.339. The fourth-order valence-electron chi connectivity index (χ4n) is 1.45. The number of aromatic nitrogens is 2. The second-order valence-electron chi connectivity index (χ2n) is 3.20. The summed E-state index contributed by atoms with van der Waals surface area (Å²) in [5.41, 5.74) is 1.61. The van der Waals surface area contributed by atoms with Crippen molar-refractivity contribution in [3.8, 4) is 16.9 Å². The zero-order valence-corrected chi connectivity index (χ0v) is 8.85. The third-order valence-electron chi connectivity index (χ3n) is 2.12. The first kappa shape index (κ1) is 10.5. The molecule has 0 saturated heterocycles. The maximum Gasteiger partial charge on any atom is 0.130 e. The molecule has 1 heterocycles. The van der Waals surface area contributed by atoms with Crippen molar-refractivity contribution in [1.82, 2.24) is 9.97 Å². The lowest BCUT2D eigenvalue weighted by Crippen LogP contribution is -1.95. The molecule has 0 spiro atoms. The van der Waals surface area contributed by atoms with Crippen LogP contribution in [0, 0.1) is 5.82 Å². The Morgan fingerprint density at radius 3 is 2.69 bits per heavy atom. The first-order chi connectivity index (χ1) is 7.81. The van der Waals surface area contributed by atoms with Crippen LogP contribution in [0.1, 0.15) is 6.92 Å². The van der Waals surface area contributed by atoms with Gasteiger partial charge in [-0.3, -0.25) is 0 Å². The van der Waals surface area contributed by atoms with Crippen LogP contribution < -0.4 is 4.74 Å². The van der Waals surface area contributed by atoms with Crippen LogP contribution in [0.2, 0.25) is 0 Å². The summed E-state index contributed by atoms with van der Waals surface area (Å²) in [5.74, 6) is 0.196. The molecule has 16 heavy (non-hydrogen) atoms. The molecule has 0 N–H and O–H groups in total. The highest BCUT2D eigenvalue weighted by atomic mass is 19.1. The van der Waals surface area contributed by atoms with Gasteiger partial charge in [-0.2, -0.15) is 0 Å². The average Bonchev–Trinajstić information content (AvgIpc) is 2.31. The molecule has 1 aromatic heterocycles. The fraction of sp³-hybridized carbons (Fsp3) is 0.167. The summed E-state index contributed by atoms with van der Waals surface area (Å²) in [4.78, 5) is 7.85. The van der Waals surface area contributed by atoms with Gasteiger partial charge in [0.1, 0.15) is 17.9 Å². The highest BCUT2D eigenvalue weighted by Gasteiger charge is 2.07. The van der Waals surface area contributed by atoms with Gasteiger partial charge in [0, 0.05) is 29.6 Å². The minimum Gasteiger partial charge on any atom is -0.493 e. The Labute approximate surface area is 92.9 Å². The standard InChI is InChI=1S/C12H11FN2O/c1-2-16-12-5-10(13)3-4-11(12)9-6-14-8-15-7-9/h3-8H,2H2,1H3. The largest absolute Gasteiger partial charge is 0.493 e. The fourth-order valence-corrected chi connectivity index (χ4v) is 1.45. The molecule has 3 nitrogen and oxygen atoms in total. The molecule has 2 rings (SSSR count). The highest BCUT2D eigenvalue weighted by Crippen LogP contribution is 2.29. The Bertz CT molecular complexity index is 474. The summed E-state index contributed by atoms with van der Waals surface area (Å²) >= 11 is 0. The summed E-state index contributed by atoms with van der Waals surface area (Å²) in [5, 5.41) is 0. The average molecular weight is 218 g/mol. The molecule has 0 aliphatic heterocycles. The normalized spacial score (nSPS) is 10.1. The van der Waals surface area contributed by atoms with E-state index in [4.69, 9.17) is 4.74 Å². The molecule has 0 fully saturated rings. The molecular weight excluding hydrogens is 207 g/mol. The lowest BCUT2D eigenvalue weighted by atomic mass is 10.1. The summed E-state index contributed by atoms with van der Waals surface area (Å²) < 4.78 is 18.5. The quantitative estimate of drug-likeness (QED) is 0.794. The molecule has 0 bridgehead atoms. The molecule has 0 amide bonds. The van der Waals surface area contributed by atoms with Crippen molar-refractivity contribution in [3.05, 3.63) is 42.7 Å². The second-order valence-corrected chi connectivity index (χ2v) is 3.20. The van der Waals surface area contributed by atoms with Crippen molar-refractivity contribution >= 4 is 0 Å². The van der Waals surface area contributed by atoms with E-state index in [2.05, 4.69) is 9.97 Å². The number of benzene rings is 1. The molecular formula is C12H11FN2O. The third kappa shape index (κ3) is 2.16. The van der Waals surface area contributed by atoms with Crippen molar-refractivity contribution < 1.29 is 9.13 Å². The van der Waals surface area contributed by atoms with E-state index >= 15 is 0 Å². The smallest absolute Gasteiger partial charge is 0.130 e. The van der Waals surface area contributed by atoms with Gasteiger partial charge in [-0.15, -0.1) is 0 Å². The van der Waals surface area contributed by atoms with Crippen molar-refractivity contribution in [1.29, 1.82) is 0 Å². The summed E-state index contributed by atoms with van der Waals surface area (Å²) in [6, 6.07) is 4.43. The number of halogens is 1. The van der Waals surface area contributed by atoms with Gasteiger partial charge >= 0.3 is 0 Å². The van der Waals surface area contributed by atoms with Gasteiger partial charge in [0.25, 0.3) is 0 Å². The second kappa shape index (κ2) is 4.70. The van der Waals surface area contributed by atoms with Gasteiger partial charge in [0.2, 0.25) is 0 Å².